The number of amides is 1. The first kappa shape index (κ1) is 16.3. The molecule has 112 valence electrons. The number of aromatic nitrogens is 2. The van der Waals surface area contributed by atoms with Gasteiger partial charge < -0.3 is 19.8 Å². The summed E-state index contributed by atoms with van der Waals surface area (Å²) < 4.78 is 10.0. The molecule has 8 nitrogen and oxygen atoms in total. The van der Waals surface area contributed by atoms with E-state index in [1.54, 1.807) is 19.1 Å². The largest absolute Gasteiger partial charge is 0.385 e. The van der Waals surface area contributed by atoms with E-state index < -0.39 is 0 Å². The average molecular weight is 283 g/mol. The van der Waals surface area contributed by atoms with Crippen LogP contribution in [-0.2, 0) is 9.47 Å². The van der Waals surface area contributed by atoms with Crippen LogP contribution in [0.2, 0.25) is 0 Å². The number of anilines is 1. The monoisotopic (exact) mass is 283 g/mol. The number of nitrogens with two attached hydrogens (primary N) is 1. The second kappa shape index (κ2) is 9.18. The van der Waals surface area contributed by atoms with Gasteiger partial charge in [-0.2, -0.15) is 0 Å². The third-order valence-electron chi connectivity index (χ3n) is 2.65. The minimum atomic E-state index is -0.186. The molecule has 0 fully saturated rings. The fourth-order valence-electron chi connectivity index (χ4n) is 1.59. The van der Waals surface area contributed by atoms with Crippen molar-refractivity contribution in [1.82, 2.24) is 14.9 Å². The molecular weight excluding hydrogens is 262 g/mol. The Morgan fingerprint density at radius 1 is 1.25 bits per heavy atom. The van der Waals surface area contributed by atoms with E-state index in [0.29, 0.717) is 32.1 Å². The molecule has 1 heterocycles. The molecule has 0 saturated heterocycles. The van der Waals surface area contributed by atoms with E-state index in [2.05, 4.69) is 15.4 Å². The maximum Gasteiger partial charge on any atom is 0.274 e. The molecule has 0 saturated carbocycles. The molecule has 1 amide bonds. The maximum absolute atomic E-state index is 12.3. The van der Waals surface area contributed by atoms with Gasteiger partial charge in [0.05, 0.1) is 19.0 Å². The number of hydrazine groups is 1. The normalized spacial score (nSPS) is 10.3. The summed E-state index contributed by atoms with van der Waals surface area (Å²) in [6.45, 7) is 2.14. The number of hydrogen-bond acceptors (Lipinski definition) is 7. The molecule has 1 aromatic heterocycles. The Hall–Kier alpha value is -1.77. The van der Waals surface area contributed by atoms with Crippen LogP contribution in [0.1, 0.15) is 16.9 Å². The second-order valence-electron chi connectivity index (χ2n) is 4.06. The highest BCUT2D eigenvalue weighted by Crippen LogP contribution is 2.04. The molecule has 0 unspecified atom stereocenters. The first-order valence-electron chi connectivity index (χ1n) is 6.28. The van der Waals surface area contributed by atoms with E-state index >= 15 is 0 Å². The van der Waals surface area contributed by atoms with Gasteiger partial charge in [0.2, 0.25) is 0 Å². The molecule has 0 radical (unpaired) electrons. The number of rotatable bonds is 9. The zero-order valence-electron chi connectivity index (χ0n) is 11.8. The lowest BCUT2D eigenvalue weighted by Gasteiger charge is -2.21. The summed E-state index contributed by atoms with van der Waals surface area (Å²) in [5.41, 5.74) is 2.64. The summed E-state index contributed by atoms with van der Waals surface area (Å²) in [5.74, 6) is 5.43. The summed E-state index contributed by atoms with van der Waals surface area (Å²) in [6.07, 6.45) is 3.56. The second-order valence-corrected chi connectivity index (χ2v) is 4.06. The fourth-order valence-corrected chi connectivity index (χ4v) is 1.59. The van der Waals surface area contributed by atoms with E-state index in [0.717, 1.165) is 6.42 Å². The third kappa shape index (κ3) is 5.08. The maximum atomic E-state index is 12.3. The highest BCUT2D eigenvalue weighted by Gasteiger charge is 2.17. The van der Waals surface area contributed by atoms with E-state index in [1.165, 1.54) is 12.4 Å². The Bertz CT molecular complexity index is 399. The summed E-state index contributed by atoms with van der Waals surface area (Å²) in [5, 5.41) is 0. The van der Waals surface area contributed by atoms with E-state index in [9.17, 15) is 4.79 Å². The number of nitrogens with zero attached hydrogens (tertiary/aromatic N) is 3. The van der Waals surface area contributed by atoms with Crippen molar-refractivity contribution in [2.24, 2.45) is 5.84 Å². The van der Waals surface area contributed by atoms with Crippen molar-refractivity contribution in [1.29, 1.82) is 0 Å². The molecule has 0 aliphatic heterocycles. The van der Waals surface area contributed by atoms with Gasteiger partial charge in [0, 0.05) is 33.9 Å². The highest BCUT2D eigenvalue weighted by atomic mass is 16.5. The fraction of sp³-hybridized carbons (Fsp3) is 0.583. The van der Waals surface area contributed by atoms with Gasteiger partial charge in [0.1, 0.15) is 5.69 Å². The number of carbonyl (C=O) groups excluding carboxylic acids is 1. The van der Waals surface area contributed by atoms with Gasteiger partial charge in [-0.15, -0.1) is 0 Å². The first-order chi connectivity index (χ1) is 9.72. The summed E-state index contributed by atoms with van der Waals surface area (Å²) in [6, 6.07) is 0. The average Bonchev–Trinajstić information content (AvgIpc) is 2.50. The van der Waals surface area contributed by atoms with Crippen LogP contribution < -0.4 is 11.3 Å². The molecule has 0 spiro atoms. The van der Waals surface area contributed by atoms with Crippen LogP contribution in [0, 0.1) is 0 Å². The molecule has 0 atom stereocenters. The van der Waals surface area contributed by atoms with E-state index in [1.807, 2.05) is 0 Å². The molecular formula is C12H21N5O3. The molecule has 0 aliphatic carbocycles. The van der Waals surface area contributed by atoms with Gasteiger partial charge >= 0.3 is 0 Å². The van der Waals surface area contributed by atoms with Crippen LogP contribution >= 0.6 is 0 Å². The Balaban J connectivity index is 2.68. The number of ether oxygens (including phenoxy) is 2. The zero-order chi connectivity index (χ0) is 14.8. The lowest BCUT2D eigenvalue weighted by Crippen LogP contribution is -2.35. The van der Waals surface area contributed by atoms with Crippen molar-refractivity contribution >= 4 is 11.7 Å². The molecule has 1 rings (SSSR count). The van der Waals surface area contributed by atoms with Crippen LogP contribution in [0.25, 0.3) is 0 Å². The predicted octanol–water partition coefficient (Wildman–Crippen LogP) is -0.113. The standard InChI is InChI=1S/C12H21N5O3/c1-19-6-3-4-17(5-7-20-2)12(18)10-8-15-11(16-13)9-14-10/h8-9H,3-7,13H2,1-2H3,(H,15,16). The highest BCUT2D eigenvalue weighted by molar-refractivity contribution is 5.92. The van der Waals surface area contributed by atoms with Crippen molar-refractivity contribution in [3.05, 3.63) is 18.1 Å². The number of carbonyl (C=O) groups is 1. The van der Waals surface area contributed by atoms with Gasteiger partial charge in [-0.1, -0.05) is 0 Å². The van der Waals surface area contributed by atoms with Gasteiger partial charge in [0.25, 0.3) is 5.91 Å². The minimum Gasteiger partial charge on any atom is -0.385 e. The summed E-state index contributed by atoms with van der Waals surface area (Å²) in [4.78, 5) is 22.0. The third-order valence-corrected chi connectivity index (χ3v) is 2.65. The molecule has 0 aromatic carbocycles. The van der Waals surface area contributed by atoms with E-state index in [-0.39, 0.29) is 11.6 Å². The van der Waals surface area contributed by atoms with Crippen molar-refractivity contribution < 1.29 is 14.3 Å². The zero-order valence-corrected chi connectivity index (χ0v) is 11.8. The summed E-state index contributed by atoms with van der Waals surface area (Å²) in [7, 11) is 3.23. The molecule has 8 heteroatoms. The lowest BCUT2D eigenvalue weighted by atomic mass is 10.3. The van der Waals surface area contributed by atoms with Crippen molar-refractivity contribution in [3.8, 4) is 0 Å². The lowest BCUT2D eigenvalue weighted by molar-refractivity contribution is 0.0668. The Morgan fingerprint density at radius 2 is 2.00 bits per heavy atom. The molecule has 1 aromatic rings. The number of methoxy groups -OCH3 is 2. The number of nitrogens with one attached hydrogen (secondary N) is 1. The van der Waals surface area contributed by atoms with Crippen LogP contribution in [0.3, 0.4) is 0 Å². The van der Waals surface area contributed by atoms with E-state index in [4.69, 9.17) is 15.3 Å². The Morgan fingerprint density at radius 3 is 2.55 bits per heavy atom. The summed E-state index contributed by atoms with van der Waals surface area (Å²) >= 11 is 0. The van der Waals surface area contributed by atoms with Crippen molar-refractivity contribution in [2.75, 3.05) is 45.9 Å². The minimum absolute atomic E-state index is 0.186. The van der Waals surface area contributed by atoms with Crippen LogP contribution in [-0.4, -0.2) is 61.3 Å². The van der Waals surface area contributed by atoms with Crippen LogP contribution in [0.5, 0.6) is 0 Å². The Kier molecular flexibility index (Phi) is 7.48. The van der Waals surface area contributed by atoms with Gasteiger partial charge in [0.15, 0.2) is 5.82 Å². The Labute approximate surface area is 118 Å². The molecule has 20 heavy (non-hydrogen) atoms. The van der Waals surface area contributed by atoms with Crippen LogP contribution in [0.4, 0.5) is 5.82 Å². The number of nitrogen functional groups attached to an aromatic ring is 1. The molecule has 0 aliphatic rings. The first-order valence-corrected chi connectivity index (χ1v) is 6.28. The smallest absolute Gasteiger partial charge is 0.274 e. The van der Waals surface area contributed by atoms with Gasteiger partial charge in [-0.25, -0.2) is 15.8 Å². The van der Waals surface area contributed by atoms with Crippen LogP contribution in [0.15, 0.2) is 12.4 Å². The van der Waals surface area contributed by atoms with Crippen molar-refractivity contribution in [2.45, 2.75) is 6.42 Å². The quantitative estimate of drug-likeness (QED) is 0.370. The topological polar surface area (TPSA) is 103 Å². The number of hydrogen-bond donors (Lipinski definition) is 2. The van der Waals surface area contributed by atoms with Crippen molar-refractivity contribution in [3.63, 3.8) is 0 Å². The molecule has 3 N–H and O–H groups in total. The SMILES string of the molecule is COCCCN(CCOC)C(=O)c1cnc(NN)cn1. The predicted molar refractivity (Wildman–Crippen MR) is 74.1 cm³/mol. The molecule has 0 bridgehead atoms. The van der Waals surface area contributed by atoms with Gasteiger partial charge in [-0.3, -0.25) is 4.79 Å². The van der Waals surface area contributed by atoms with Gasteiger partial charge in [-0.05, 0) is 6.42 Å².